The summed E-state index contributed by atoms with van der Waals surface area (Å²) in [5, 5.41) is 11.5. The van der Waals surface area contributed by atoms with Crippen molar-refractivity contribution in [1.29, 1.82) is 0 Å². The summed E-state index contributed by atoms with van der Waals surface area (Å²) in [5.41, 5.74) is -0.791. The predicted molar refractivity (Wildman–Crippen MR) is 65.6 cm³/mol. The van der Waals surface area contributed by atoms with E-state index in [2.05, 4.69) is 0 Å². The molecule has 5 heteroatoms. The summed E-state index contributed by atoms with van der Waals surface area (Å²) in [7, 11) is 0. The van der Waals surface area contributed by atoms with Crippen molar-refractivity contribution in [3.05, 3.63) is 10.1 Å². The van der Waals surface area contributed by atoms with Crippen LogP contribution in [0.3, 0.4) is 0 Å². The Morgan fingerprint density at radius 1 is 1.22 bits per heavy atom. The van der Waals surface area contributed by atoms with E-state index in [-0.39, 0.29) is 16.9 Å². The second-order valence-electron chi connectivity index (χ2n) is 6.12. The van der Waals surface area contributed by atoms with E-state index < -0.39 is 5.54 Å². The molecule has 0 bridgehead atoms. The first-order chi connectivity index (χ1) is 8.70. The highest BCUT2D eigenvalue weighted by Gasteiger charge is 2.74. The highest BCUT2D eigenvalue weighted by molar-refractivity contribution is 5.50. The van der Waals surface area contributed by atoms with Crippen LogP contribution in [0, 0.1) is 22.0 Å². The number of carbonyl (C=O) groups is 1. The Balaban J connectivity index is 1.89. The molecule has 0 unspecified atom stereocenters. The minimum atomic E-state index is -0.791. The number of likely N-dealkylation sites (tertiary alicyclic amines) is 1. The molecule has 0 aromatic heterocycles. The van der Waals surface area contributed by atoms with Crippen molar-refractivity contribution in [2.24, 2.45) is 11.8 Å². The van der Waals surface area contributed by atoms with Crippen LogP contribution in [0.25, 0.3) is 0 Å². The Bertz CT molecular complexity index is 367. The average molecular weight is 252 g/mol. The van der Waals surface area contributed by atoms with E-state index in [0.29, 0.717) is 18.9 Å². The molecule has 3 fully saturated rings. The SMILES string of the molecule is O=CN1CC[C@@H]2C[C@]2([N+](=O)[O-])[C@@H]1C1CCCCC1. The highest BCUT2D eigenvalue weighted by Crippen LogP contribution is 2.57. The normalized spacial score (nSPS) is 40.1. The number of nitrogens with zero attached hydrogens (tertiary/aromatic N) is 2. The second-order valence-corrected chi connectivity index (χ2v) is 6.12. The van der Waals surface area contributed by atoms with Crippen LogP contribution in [0.2, 0.25) is 0 Å². The van der Waals surface area contributed by atoms with Crippen molar-refractivity contribution >= 4 is 6.41 Å². The minimum absolute atomic E-state index is 0.0768. The summed E-state index contributed by atoms with van der Waals surface area (Å²) >= 11 is 0. The lowest BCUT2D eigenvalue weighted by atomic mass is 9.77. The molecule has 0 N–H and O–H groups in total. The summed E-state index contributed by atoms with van der Waals surface area (Å²) in [4.78, 5) is 24.4. The minimum Gasteiger partial charge on any atom is -0.335 e. The topological polar surface area (TPSA) is 63.5 Å². The fourth-order valence-electron chi connectivity index (χ4n) is 4.36. The zero-order valence-electron chi connectivity index (χ0n) is 10.6. The molecule has 1 saturated heterocycles. The van der Waals surface area contributed by atoms with Gasteiger partial charge in [-0.1, -0.05) is 19.3 Å². The third-order valence-electron chi connectivity index (χ3n) is 5.30. The molecule has 5 nitrogen and oxygen atoms in total. The lowest BCUT2D eigenvalue weighted by Crippen LogP contribution is -2.57. The van der Waals surface area contributed by atoms with Gasteiger partial charge in [0.1, 0.15) is 6.04 Å². The van der Waals surface area contributed by atoms with Gasteiger partial charge in [0, 0.05) is 23.8 Å². The van der Waals surface area contributed by atoms with E-state index in [4.69, 9.17) is 0 Å². The summed E-state index contributed by atoms with van der Waals surface area (Å²) in [5.74, 6) is 0.565. The first-order valence-corrected chi connectivity index (χ1v) is 7.05. The van der Waals surface area contributed by atoms with Crippen LogP contribution in [-0.4, -0.2) is 34.4 Å². The van der Waals surface area contributed by atoms with Gasteiger partial charge in [-0.25, -0.2) is 0 Å². The van der Waals surface area contributed by atoms with Crippen molar-refractivity contribution in [2.75, 3.05) is 6.54 Å². The summed E-state index contributed by atoms with van der Waals surface area (Å²) < 4.78 is 0. The molecule has 3 aliphatic rings. The molecule has 1 heterocycles. The Morgan fingerprint density at radius 2 is 1.94 bits per heavy atom. The van der Waals surface area contributed by atoms with Crippen molar-refractivity contribution in [3.8, 4) is 0 Å². The second kappa shape index (κ2) is 4.21. The van der Waals surface area contributed by atoms with Crippen LogP contribution in [0.5, 0.6) is 0 Å². The van der Waals surface area contributed by atoms with E-state index in [9.17, 15) is 14.9 Å². The first-order valence-electron chi connectivity index (χ1n) is 7.05. The third kappa shape index (κ3) is 1.56. The number of amides is 1. The molecule has 3 rings (SSSR count). The lowest BCUT2D eigenvalue weighted by Gasteiger charge is -2.41. The zero-order chi connectivity index (χ0) is 12.8. The largest absolute Gasteiger partial charge is 0.335 e. The maximum atomic E-state index is 11.5. The molecular formula is C13H20N2O3. The molecule has 2 saturated carbocycles. The number of nitro groups is 1. The van der Waals surface area contributed by atoms with Crippen molar-refractivity contribution in [2.45, 2.75) is 56.5 Å². The maximum absolute atomic E-state index is 11.5. The van der Waals surface area contributed by atoms with Crippen LogP contribution in [-0.2, 0) is 4.79 Å². The lowest BCUT2D eigenvalue weighted by molar-refractivity contribution is -0.554. The van der Waals surface area contributed by atoms with Gasteiger partial charge >= 0.3 is 0 Å². The predicted octanol–water partition coefficient (Wildman–Crippen LogP) is 1.83. The standard InChI is InChI=1S/C13H20N2O3/c16-9-14-7-6-11-8-13(11,15(17)18)12(14)10-4-2-1-3-5-10/h9-12H,1-8H2/t11-,12+,13-/m1/s1. The van der Waals surface area contributed by atoms with E-state index in [0.717, 1.165) is 38.5 Å². The van der Waals surface area contributed by atoms with Gasteiger partial charge in [-0.05, 0) is 25.2 Å². The van der Waals surface area contributed by atoms with E-state index in [1.54, 1.807) is 4.90 Å². The van der Waals surface area contributed by atoms with Gasteiger partial charge in [0.2, 0.25) is 11.9 Å². The van der Waals surface area contributed by atoms with Gasteiger partial charge in [0.05, 0.1) is 0 Å². The molecule has 0 spiro atoms. The number of fused-ring (bicyclic) bond motifs is 1. The van der Waals surface area contributed by atoms with Crippen LogP contribution >= 0.6 is 0 Å². The van der Waals surface area contributed by atoms with Crippen LogP contribution in [0.1, 0.15) is 44.9 Å². The first kappa shape index (κ1) is 11.9. The number of rotatable bonds is 3. The summed E-state index contributed by atoms with van der Waals surface area (Å²) in [6.45, 7) is 0.713. The average Bonchev–Trinajstić information content (AvgIpc) is 3.14. The molecule has 0 radical (unpaired) electrons. The summed E-state index contributed by atoms with van der Waals surface area (Å²) in [6, 6.07) is -0.135. The van der Waals surface area contributed by atoms with E-state index in [1.165, 1.54) is 6.42 Å². The Morgan fingerprint density at radius 3 is 2.56 bits per heavy atom. The van der Waals surface area contributed by atoms with Crippen molar-refractivity contribution in [1.82, 2.24) is 4.90 Å². The highest BCUT2D eigenvalue weighted by atomic mass is 16.6. The maximum Gasteiger partial charge on any atom is 0.246 e. The quantitative estimate of drug-likeness (QED) is 0.437. The zero-order valence-corrected chi connectivity index (χ0v) is 10.6. The number of hydrogen-bond acceptors (Lipinski definition) is 3. The Kier molecular flexibility index (Phi) is 2.79. The van der Waals surface area contributed by atoms with Gasteiger partial charge in [-0.2, -0.15) is 0 Å². The van der Waals surface area contributed by atoms with Gasteiger partial charge < -0.3 is 4.90 Å². The molecule has 1 amide bonds. The van der Waals surface area contributed by atoms with Crippen molar-refractivity contribution in [3.63, 3.8) is 0 Å². The van der Waals surface area contributed by atoms with Gasteiger partial charge in [0.25, 0.3) is 0 Å². The number of piperidine rings is 1. The fraction of sp³-hybridized carbons (Fsp3) is 0.923. The molecule has 1 aliphatic heterocycles. The third-order valence-corrected chi connectivity index (χ3v) is 5.30. The molecule has 100 valence electrons. The van der Waals surface area contributed by atoms with Gasteiger partial charge in [-0.15, -0.1) is 0 Å². The van der Waals surface area contributed by atoms with Crippen molar-refractivity contribution < 1.29 is 9.72 Å². The van der Waals surface area contributed by atoms with Crippen LogP contribution in [0.4, 0.5) is 0 Å². The van der Waals surface area contributed by atoms with E-state index >= 15 is 0 Å². The van der Waals surface area contributed by atoms with Crippen LogP contribution < -0.4 is 0 Å². The van der Waals surface area contributed by atoms with Gasteiger partial charge in [0.15, 0.2) is 0 Å². The fourth-order valence-corrected chi connectivity index (χ4v) is 4.36. The molecule has 2 aliphatic carbocycles. The monoisotopic (exact) mass is 252 g/mol. The Labute approximate surface area is 107 Å². The number of hydrogen-bond donors (Lipinski definition) is 0. The number of carbonyl (C=O) groups excluding carboxylic acids is 1. The molecule has 0 aromatic carbocycles. The van der Waals surface area contributed by atoms with E-state index in [1.807, 2.05) is 0 Å². The van der Waals surface area contributed by atoms with Gasteiger partial charge in [-0.3, -0.25) is 14.9 Å². The van der Waals surface area contributed by atoms with Crippen LogP contribution in [0.15, 0.2) is 0 Å². The molecule has 18 heavy (non-hydrogen) atoms. The molecular weight excluding hydrogens is 232 g/mol. The summed E-state index contributed by atoms with van der Waals surface area (Å²) in [6.07, 6.45) is 8.00. The molecule has 0 aromatic rings. The Hall–Kier alpha value is -1.13. The molecule has 3 atom stereocenters. The smallest absolute Gasteiger partial charge is 0.246 e.